The van der Waals surface area contributed by atoms with E-state index in [4.69, 9.17) is 0 Å². The first kappa shape index (κ1) is 15.4. The van der Waals surface area contributed by atoms with Crippen LogP contribution in [0, 0.1) is 6.92 Å². The highest BCUT2D eigenvalue weighted by Gasteiger charge is 2.04. The topological polar surface area (TPSA) is 0 Å². The van der Waals surface area contributed by atoms with E-state index in [1.54, 1.807) is 0 Å². The Morgan fingerprint density at radius 1 is 0.720 bits per heavy atom. The monoisotopic (exact) mass is 320 g/mol. The summed E-state index contributed by atoms with van der Waals surface area (Å²) in [5.74, 6) is 0. The Bertz CT molecular complexity index is 1210. The van der Waals surface area contributed by atoms with Gasteiger partial charge in [0.1, 0.15) is 0 Å². The first-order chi connectivity index (χ1) is 12.1. The van der Waals surface area contributed by atoms with E-state index in [9.17, 15) is 0 Å². The van der Waals surface area contributed by atoms with E-state index in [1.807, 2.05) is 0 Å². The Kier molecular flexibility index (Phi) is 3.74. The summed E-state index contributed by atoms with van der Waals surface area (Å²) in [6, 6.07) is 25.5. The second-order valence-electron chi connectivity index (χ2n) is 6.52. The van der Waals surface area contributed by atoms with Crippen molar-refractivity contribution in [2.24, 2.45) is 0 Å². The Balaban J connectivity index is 2.06. The van der Waals surface area contributed by atoms with E-state index < -0.39 is 0 Å². The summed E-state index contributed by atoms with van der Waals surface area (Å²) in [6.07, 6.45) is 2.17. The van der Waals surface area contributed by atoms with E-state index in [0.29, 0.717) is 0 Å². The van der Waals surface area contributed by atoms with Crippen LogP contribution in [-0.4, -0.2) is 0 Å². The van der Waals surface area contributed by atoms with E-state index in [0.717, 1.165) is 21.6 Å². The van der Waals surface area contributed by atoms with Gasteiger partial charge in [-0.25, -0.2) is 0 Å². The van der Waals surface area contributed by atoms with Gasteiger partial charge >= 0.3 is 0 Å². The lowest BCUT2D eigenvalue weighted by Crippen LogP contribution is -2.25. The number of benzene rings is 4. The van der Waals surface area contributed by atoms with Crippen LogP contribution in [0.15, 0.2) is 79.4 Å². The maximum absolute atomic E-state index is 4.39. The molecular formula is C25H20. The standard InChI is InChI=1S/C25H20/c1-17-12-14-20(15-13-17)18(2)16-25-19(3)21-8-4-5-9-22(21)23-10-6-7-11-24(23)25/h4-16H,2-3H2,1H3/b25-16+. The highest BCUT2D eigenvalue weighted by molar-refractivity contribution is 6.09. The number of allylic oxidation sites excluding steroid dienone is 1. The SMILES string of the molecule is C=C(/C=c1\c(=C)c2ccccc2c2ccccc12)c1ccc(C)cc1. The van der Waals surface area contributed by atoms with Crippen molar-refractivity contribution in [1.82, 2.24) is 0 Å². The number of rotatable bonds is 2. The zero-order valence-corrected chi connectivity index (χ0v) is 14.4. The van der Waals surface area contributed by atoms with Crippen molar-refractivity contribution >= 4 is 39.8 Å². The highest BCUT2D eigenvalue weighted by Crippen LogP contribution is 2.21. The molecule has 0 atom stereocenters. The fraction of sp³-hybridized carbons (Fsp3) is 0.0400. The van der Waals surface area contributed by atoms with Crippen LogP contribution in [0.2, 0.25) is 0 Å². The van der Waals surface area contributed by atoms with Crippen molar-refractivity contribution in [2.75, 3.05) is 0 Å². The van der Waals surface area contributed by atoms with Gasteiger partial charge in [0.2, 0.25) is 0 Å². The molecule has 120 valence electrons. The molecule has 25 heavy (non-hydrogen) atoms. The highest BCUT2D eigenvalue weighted by atomic mass is 14.1. The van der Waals surface area contributed by atoms with Crippen LogP contribution < -0.4 is 10.4 Å². The second kappa shape index (κ2) is 6.07. The minimum atomic E-state index is 1.00. The fourth-order valence-electron chi connectivity index (χ4n) is 3.43. The molecule has 0 aliphatic carbocycles. The molecule has 0 aliphatic rings. The van der Waals surface area contributed by atoms with Crippen molar-refractivity contribution in [2.45, 2.75) is 6.92 Å². The third-order valence-corrected chi connectivity index (χ3v) is 4.83. The van der Waals surface area contributed by atoms with Crippen LogP contribution in [0.5, 0.6) is 0 Å². The Morgan fingerprint density at radius 3 is 1.88 bits per heavy atom. The van der Waals surface area contributed by atoms with Crippen LogP contribution in [0.4, 0.5) is 0 Å². The molecule has 4 aromatic carbocycles. The third kappa shape index (κ3) is 2.66. The molecule has 0 unspecified atom stereocenters. The minimum Gasteiger partial charge on any atom is -0.0911 e. The minimum absolute atomic E-state index is 1.00. The van der Waals surface area contributed by atoms with E-state index >= 15 is 0 Å². The van der Waals surface area contributed by atoms with Gasteiger partial charge in [0, 0.05) is 0 Å². The molecule has 0 heterocycles. The average Bonchev–Trinajstić information content (AvgIpc) is 2.65. The van der Waals surface area contributed by atoms with Crippen molar-refractivity contribution in [3.63, 3.8) is 0 Å². The van der Waals surface area contributed by atoms with Crippen molar-refractivity contribution in [3.8, 4) is 0 Å². The Labute approximate surface area is 148 Å². The summed E-state index contributed by atoms with van der Waals surface area (Å²) in [4.78, 5) is 0. The molecule has 0 saturated heterocycles. The molecule has 0 fully saturated rings. The van der Waals surface area contributed by atoms with Gasteiger partial charge in [-0.15, -0.1) is 0 Å². The first-order valence-corrected chi connectivity index (χ1v) is 8.51. The molecule has 0 spiro atoms. The van der Waals surface area contributed by atoms with E-state index in [1.165, 1.54) is 27.1 Å². The zero-order chi connectivity index (χ0) is 17.4. The molecule has 4 rings (SSSR count). The third-order valence-electron chi connectivity index (χ3n) is 4.83. The molecule has 0 aromatic heterocycles. The first-order valence-electron chi connectivity index (χ1n) is 8.51. The van der Waals surface area contributed by atoms with Crippen molar-refractivity contribution in [1.29, 1.82) is 0 Å². The predicted molar refractivity (Wildman–Crippen MR) is 111 cm³/mol. The van der Waals surface area contributed by atoms with Gasteiger partial charge in [-0.3, -0.25) is 0 Å². The lowest BCUT2D eigenvalue weighted by molar-refractivity contribution is 1.46. The molecule has 0 heteroatoms. The smallest absolute Gasteiger partial charge is 0.00990 e. The fourth-order valence-corrected chi connectivity index (χ4v) is 3.43. The van der Waals surface area contributed by atoms with Gasteiger partial charge in [0.15, 0.2) is 0 Å². The molecule has 0 radical (unpaired) electrons. The van der Waals surface area contributed by atoms with Crippen LogP contribution in [-0.2, 0) is 0 Å². The van der Waals surface area contributed by atoms with Crippen molar-refractivity contribution in [3.05, 3.63) is 101 Å². The average molecular weight is 320 g/mol. The van der Waals surface area contributed by atoms with Crippen LogP contribution in [0.25, 0.3) is 39.8 Å². The van der Waals surface area contributed by atoms with Crippen LogP contribution >= 0.6 is 0 Å². The summed E-state index contributed by atoms with van der Waals surface area (Å²) in [6.45, 7) is 10.8. The molecule has 0 nitrogen and oxygen atoms in total. The molecule has 4 aromatic rings. The summed E-state index contributed by atoms with van der Waals surface area (Å²) in [7, 11) is 0. The van der Waals surface area contributed by atoms with E-state index in [-0.39, 0.29) is 0 Å². The lowest BCUT2D eigenvalue weighted by Gasteiger charge is -2.08. The van der Waals surface area contributed by atoms with Gasteiger partial charge in [-0.05, 0) is 56.1 Å². The Morgan fingerprint density at radius 2 is 1.24 bits per heavy atom. The maximum atomic E-state index is 4.39. The van der Waals surface area contributed by atoms with Gasteiger partial charge in [0.25, 0.3) is 0 Å². The number of hydrogen-bond acceptors (Lipinski definition) is 0. The van der Waals surface area contributed by atoms with Crippen molar-refractivity contribution < 1.29 is 0 Å². The summed E-state index contributed by atoms with van der Waals surface area (Å²) >= 11 is 0. The second-order valence-corrected chi connectivity index (χ2v) is 6.52. The summed E-state index contributed by atoms with van der Waals surface area (Å²) in [5, 5.41) is 7.14. The molecular weight excluding hydrogens is 300 g/mol. The largest absolute Gasteiger partial charge is 0.0911 e. The quantitative estimate of drug-likeness (QED) is 0.445. The maximum Gasteiger partial charge on any atom is -0.00990 e. The Hall–Kier alpha value is -3.12. The van der Waals surface area contributed by atoms with Gasteiger partial charge < -0.3 is 0 Å². The number of hydrogen-bond donors (Lipinski definition) is 0. The zero-order valence-electron chi connectivity index (χ0n) is 14.4. The van der Waals surface area contributed by atoms with Crippen LogP contribution in [0.1, 0.15) is 11.1 Å². The molecule has 0 aliphatic heterocycles. The van der Waals surface area contributed by atoms with Gasteiger partial charge in [-0.1, -0.05) is 91.5 Å². The van der Waals surface area contributed by atoms with Crippen LogP contribution in [0.3, 0.4) is 0 Å². The molecule has 0 bridgehead atoms. The molecule has 0 saturated carbocycles. The van der Waals surface area contributed by atoms with Gasteiger partial charge in [-0.2, -0.15) is 0 Å². The summed E-state index contributed by atoms with van der Waals surface area (Å²) in [5.41, 5.74) is 3.40. The lowest BCUT2D eigenvalue weighted by atomic mass is 9.96. The summed E-state index contributed by atoms with van der Waals surface area (Å²) < 4.78 is 0. The van der Waals surface area contributed by atoms with E-state index in [2.05, 4.69) is 99.0 Å². The molecule has 0 amide bonds. The number of fused-ring (bicyclic) bond motifs is 3. The predicted octanol–water partition coefficient (Wildman–Crippen LogP) is 5.21. The van der Waals surface area contributed by atoms with Gasteiger partial charge in [0.05, 0.1) is 0 Å². The number of aryl methyl sites for hydroxylation is 1. The molecule has 0 N–H and O–H groups in total. The normalized spacial score (nSPS) is 12.0.